The number of piperidine rings is 2. The number of phenols is 1. The fraction of sp³-hybridized carbons (Fsp3) is 0.444. The molecule has 2 aromatic heterocycles. The molecule has 5 aromatic rings. The molecular weight excluding hydrogens is 939 g/mol. The Morgan fingerprint density at radius 3 is 2.33 bits per heavy atom. The Kier molecular flexibility index (Phi) is 11.8. The summed E-state index contributed by atoms with van der Waals surface area (Å²) in [6.07, 6.45) is 12.9. The first-order valence-corrected chi connectivity index (χ1v) is 25.3. The van der Waals surface area contributed by atoms with Crippen LogP contribution in [0, 0.1) is 35.3 Å². The van der Waals surface area contributed by atoms with Crippen LogP contribution < -0.4 is 25.2 Å². The van der Waals surface area contributed by atoms with Gasteiger partial charge in [-0.05, 0) is 99.8 Å². The van der Waals surface area contributed by atoms with Crippen LogP contribution in [-0.2, 0) is 14.4 Å². The second-order valence-corrected chi connectivity index (χ2v) is 21.0. The van der Waals surface area contributed by atoms with Gasteiger partial charge in [-0.25, -0.2) is 8.78 Å². The van der Waals surface area contributed by atoms with Gasteiger partial charge in [0.25, 0.3) is 11.8 Å². The standard InChI is InChI=1S/C54H54F2N10O7/c1-2-36-41(55)8-3-31-21-35(67)23-39(45(31)36)47-46(56)48-40(24-57-47)49(65-25-32-4-5-33(26-65)58-32)61-53(60-48)73-29-54(13-14-54)28-63-15-11-30(12-16-63)43(68)27-62-17-19-64(20-18-62)34-6-7-37-38(22-34)52(72)66(51(37)71)42-9-10-44(69)59-50(42)70/h1,3,6-8,21-24,30,32-33,42,58,67H,4-5,9-20,25-29H2,(H,59,69,70). The predicted molar refractivity (Wildman–Crippen MR) is 265 cm³/mol. The number of ketones is 1. The Morgan fingerprint density at radius 1 is 0.849 bits per heavy atom. The van der Waals surface area contributed by atoms with Gasteiger partial charge in [0.05, 0.1) is 35.2 Å². The Hall–Kier alpha value is -7.14. The zero-order valence-electron chi connectivity index (χ0n) is 40.2. The van der Waals surface area contributed by atoms with Gasteiger partial charge < -0.3 is 29.9 Å². The first-order valence-electron chi connectivity index (χ1n) is 25.3. The molecule has 0 spiro atoms. The van der Waals surface area contributed by atoms with E-state index in [1.165, 1.54) is 30.5 Å². The molecule has 4 amide bonds. The third-order valence-corrected chi connectivity index (χ3v) is 16.2. The van der Waals surface area contributed by atoms with Crippen LogP contribution in [0.15, 0.2) is 48.7 Å². The number of likely N-dealkylation sites (tertiary alicyclic amines) is 1. The highest BCUT2D eigenvalue weighted by atomic mass is 19.1. The lowest BCUT2D eigenvalue weighted by molar-refractivity contribution is -0.136. The van der Waals surface area contributed by atoms with Crippen LogP contribution in [0.25, 0.3) is 32.9 Å². The van der Waals surface area contributed by atoms with Gasteiger partial charge in [-0.3, -0.25) is 44.1 Å². The van der Waals surface area contributed by atoms with E-state index in [4.69, 9.17) is 16.1 Å². The van der Waals surface area contributed by atoms with Gasteiger partial charge >= 0.3 is 6.01 Å². The Balaban J connectivity index is 0.677. The van der Waals surface area contributed by atoms with Gasteiger partial charge in [0.2, 0.25) is 11.8 Å². The number of aromatic nitrogens is 3. The third kappa shape index (κ3) is 8.68. The molecule has 0 radical (unpaired) electrons. The lowest BCUT2D eigenvalue weighted by Gasteiger charge is -2.37. The van der Waals surface area contributed by atoms with Crippen LogP contribution in [-0.4, -0.2) is 154 Å². The average Bonchev–Trinajstić information content (AvgIpc) is 4.01. The van der Waals surface area contributed by atoms with Crippen molar-refractivity contribution in [1.29, 1.82) is 0 Å². The minimum absolute atomic E-state index is 0.00148. The first kappa shape index (κ1) is 46.9. The highest BCUT2D eigenvalue weighted by Crippen LogP contribution is 2.47. The van der Waals surface area contributed by atoms with Gasteiger partial charge in [-0.15, -0.1) is 6.42 Å². The molecule has 1 aliphatic carbocycles. The number of imide groups is 2. The fourth-order valence-electron chi connectivity index (χ4n) is 12.0. The maximum Gasteiger partial charge on any atom is 0.319 e. The maximum absolute atomic E-state index is 17.1. The van der Waals surface area contributed by atoms with Crippen molar-refractivity contribution in [3.05, 3.63) is 77.0 Å². The van der Waals surface area contributed by atoms with Crippen molar-refractivity contribution in [3.63, 3.8) is 0 Å². The van der Waals surface area contributed by atoms with Gasteiger partial charge in [-0.2, -0.15) is 9.97 Å². The van der Waals surface area contributed by atoms with Crippen molar-refractivity contribution >= 4 is 62.6 Å². The summed E-state index contributed by atoms with van der Waals surface area (Å²) in [7, 11) is 0. The lowest BCUT2D eigenvalue weighted by atomic mass is 9.91. The predicted octanol–water partition coefficient (Wildman–Crippen LogP) is 4.41. The molecule has 1 saturated carbocycles. The zero-order chi connectivity index (χ0) is 50.3. The molecule has 73 heavy (non-hydrogen) atoms. The number of anilines is 2. The number of halogens is 2. The fourth-order valence-corrected chi connectivity index (χ4v) is 12.0. The van der Waals surface area contributed by atoms with Crippen molar-refractivity contribution in [2.24, 2.45) is 11.3 Å². The number of benzene rings is 3. The molecule has 12 rings (SSSR count). The second kappa shape index (κ2) is 18.4. The number of hydrogen-bond donors (Lipinski definition) is 3. The third-order valence-electron chi connectivity index (χ3n) is 16.2. The number of fused-ring (bicyclic) bond motifs is 5. The molecule has 2 bridgehead atoms. The molecule has 6 fully saturated rings. The second-order valence-electron chi connectivity index (χ2n) is 21.0. The quantitative estimate of drug-likeness (QED) is 0.118. The summed E-state index contributed by atoms with van der Waals surface area (Å²) >= 11 is 0. The normalized spacial score (nSPS) is 23.3. The van der Waals surface area contributed by atoms with Crippen molar-refractivity contribution in [1.82, 2.24) is 40.3 Å². The summed E-state index contributed by atoms with van der Waals surface area (Å²) in [6.45, 7) is 6.99. The van der Waals surface area contributed by atoms with E-state index in [0.29, 0.717) is 69.0 Å². The number of carbonyl (C=O) groups is 5. The summed E-state index contributed by atoms with van der Waals surface area (Å²) in [5.41, 5.74) is 1.08. The summed E-state index contributed by atoms with van der Waals surface area (Å²) in [5.74, 6) is -0.574. The van der Waals surface area contributed by atoms with E-state index in [9.17, 15) is 29.1 Å². The number of hydrogen-bond acceptors (Lipinski definition) is 15. The minimum Gasteiger partial charge on any atom is -0.508 e. The van der Waals surface area contributed by atoms with Crippen LogP contribution >= 0.6 is 0 Å². The van der Waals surface area contributed by atoms with Gasteiger partial charge in [0.1, 0.15) is 40.4 Å². The van der Waals surface area contributed by atoms with Crippen molar-refractivity contribution in [3.8, 4) is 35.4 Å². The molecule has 8 heterocycles. The lowest BCUT2D eigenvalue weighted by Crippen LogP contribution is -2.54. The number of amides is 4. The molecule has 3 aromatic carbocycles. The van der Waals surface area contributed by atoms with E-state index < -0.39 is 41.3 Å². The van der Waals surface area contributed by atoms with Crippen LogP contribution in [0.5, 0.6) is 11.8 Å². The largest absolute Gasteiger partial charge is 0.508 e. The Bertz CT molecular complexity index is 3190. The van der Waals surface area contributed by atoms with Gasteiger partial charge in [0.15, 0.2) is 5.82 Å². The molecule has 17 nitrogen and oxygen atoms in total. The van der Waals surface area contributed by atoms with Crippen LogP contribution in [0.3, 0.4) is 0 Å². The molecule has 3 atom stereocenters. The number of Topliss-reactive ketones (excluding diaryl/α,β-unsaturated/α-hetero) is 1. The SMILES string of the molecule is C#Cc1c(F)ccc2cc(O)cc(-c3ncc4c(N5CC6CCC(C5)N6)nc(OCC5(CN6CCC(C(=O)CN7CCN(c8ccc9c(c8)C(=O)N(C8CCC(=O)NC8=O)C9=O)CC7)CC6)CC5)nc4c3F)c12. The number of pyridine rings is 1. The highest BCUT2D eigenvalue weighted by molar-refractivity contribution is 6.23. The summed E-state index contributed by atoms with van der Waals surface area (Å²) in [4.78, 5) is 88.5. The number of ether oxygens (including phenoxy) is 1. The summed E-state index contributed by atoms with van der Waals surface area (Å²) in [6, 6.07) is 10.2. The van der Waals surface area contributed by atoms with Crippen LogP contribution in [0.2, 0.25) is 0 Å². The zero-order valence-corrected chi connectivity index (χ0v) is 40.2. The number of phenolic OH excluding ortho intramolecular Hbond substituents is 1. The summed E-state index contributed by atoms with van der Waals surface area (Å²) < 4.78 is 38.6. The van der Waals surface area contributed by atoms with E-state index in [1.807, 2.05) is 6.07 Å². The van der Waals surface area contributed by atoms with E-state index >= 15 is 8.78 Å². The van der Waals surface area contributed by atoms with Gasteiger partial charge in [-0.1, -0.05) is 12.0 Å². The van der Waals surface area contributed by atoms with Crippen LogP contribution in [0.4, 0.5) is 20.3 Å². The van der Waals surface area contributed by atoms with E-state index in [2.05, 4.69) is 46.1 Å². The first-order chi connectivity index (χ1) is 35.3. The molecular formula is C54H54F2N10O7. The number of carbonyl (C=O) groups excluding carboxylic acids is 5. The minimum atomic E-state index is -1.02. The Morgan fingerprint density at radius 2 is 1.60 bits per heavy atom. The summed E-state index contributed by atoms with van der Waals surface area (Å²) in [5, 5.41) is 17.7. The number of nitrogens with one attached hydrogen (secondary N) is 2. The monoisotopic (exact) mass is 992 g/mol. The number of rotatable bonds is 12. The number of aromatic hydroxyl groups is 1. The van der Waals surface area contributed by atoms with Crippen molar-refractivity contribution < 1.29 is 42.6 Å². The molecule has 3 N–H and O–H groups in total. The molecule has 5 saturated heterocycles. The molecule has 7 aliphatic rings. The smallest absolute Gasteiger partial charge is 0.319 e. The van der Waals surface area contributed by atoms with Gasteiger partial charge in [0, 0.05) is 98.5 Å². The molecule has 3 unspecified atom stereocenters. The molecule has 19 heteroatoms. The average molecular weight is 993 g/mol. The number of piperazine rings is 2. The maximum atomic E-state index is 17.1. The van der Waals surface area contributed by atoms with Crippen molar-refractivity contribution in [2.75, 3.05) is 81.9 Å². The van der Waals surface area contributed by atoms with E-state index in [1.54, 1.807) is 12.1 Å². The van der Waals surface area contributed by atoms with E-state index in [-0.39, 0.29) is 92.7 Å². The molecule has 376 valence electrons. The number of terminal acetylenes is 1. The van der Waals surface area contributed by atoms with Crippen molar-refractivity contribution in [2.45, 2.75) is 69.5 Å². The Labute approximate surface area is 419 Å². The number of nitrogens with zero attached hydrogens (tertiary/aromatic N) is 8. The van der Waals surface area contributed by atoms with Crippen LogP contribution in [0.1, 0.15) is 77.6 Å². The highest BCUT2D eigenvalue weighted by Gasteiger charge is 2.47. The molecule has 6 aliphatic heterocycles. The van der Waals surface area contributed by atoms with E-state index in [0.717, 1.165) is 68.7 Å². The topological polar surface area (TPSA) is 194 Å².